The van der Waals surface area contributed by atoms with Crippen molar-refractivity contribution in [3.63, 3.8) is 0 Å². The van der Waals surface area contributed by atoms with Crippen LogP contribution in [0.5, 0.6) is 0 Å². The summed E-state index contributed by atoms with van der Waals surface area (Å²) in [6.07, 6.45) is 1.46. The Morgan fingerprint density at radius 1 is 1.30 bits per heavy atom. The van der Waals surface area contributed by atoms with E-state index in [9.17, 15) is 19.5 Å². The summed E-state index contributed by atoms with van der Waals surface area (Å²) in [5.41, 5.74) is -0.650. The van der Waals surface area contributed by atoms with Crippen molar-refractivity contribution in [2.24, 2.45) is 17.3 Å². The first-order valence-corrected chi connectivity index (χ1v) is 6.91. The average Bonchev–Trinajstić information content (AvgIpc) is 2.35. The predicted octanol–water partition coefficient (Wildman–Crippen LogP) is 0.718. The van der Waals surface area contributed by atoms with Gasteiger partial charge >= 0.3 is 5.97 Å². The molecule has 114 valence electrons. The van der Waals surface area contributed by atoms with Crippen molar-refractivity contribution in [3.8, 4) is 0 Å². The lowest BCUT2D eigenvalue weighted by molar-refractivity contribution is -0.157. The molecule has 1 aliphatic rings. The summed E-state index contributed by atoms with van der Waals surface area (Å²) in [5.74, 6) is -2.91. The van der Waals surface area contributed by atoms with E-state index in [1.165, 1.54) is 4.90 Å². The first-order valence-electron chi connectivity index (χ1n) is 6.91. The van der Waals surface area contributed by atoms with Gasteiger partial charge < -0.3 is 15.3 Å². The third kappa shape index (κ3) is 3.71. The van der Waals surface area contributed by atoms with Crippen molar-refractivity contribution in [2.45, 2.75) is 33.6 Å². The second-order valence-electron chi connectivity index (χ2n) is 6.37. The van der Waals surface area contributed by atoms with E-state index in [2.05, 4.69) is 5.32 Å². The minimum Gasteiger partial charge on any atom is -0.481 e. The second kappa shape index (κ2) is 6.24. The Hall–Kier alpha value is -1.59. The van der Waals surface area contributed by atoms with E-state index in [4.69, 9.17) is 0 Å². The molecule has 0 aliphatic carbocycles. The predicted molar refractivity (Wildman–Crippen MR) is 74.0 cm³/mol. The molecule has 6 nitrogen and oxygen atoms in total. The summed E-state index contributed by atoms with van der Waals surface area (Å²) >= 11 is 0. The maximum Gasteiger partial charge on any atom is 0.316 e. The van der Waals surface area contributed by atoms with Crippen LogP contribution in [-0.4, -0.2) is 47.9 Å². The third-order valence-electron chi connectivity index (χ3n) is 3.71. The summed E-state index contributed by atoms with van der Waals surface area (Å²) < 4.78 is 0. The van der Waals surface area contributed by atoms with Crippen LogP contribution in [0.15, 0.2) is 0 Å². The normalized spacial score (nSPS) is 21.2. The Morgan fingerprint density at radius 3 is 2.35 bits per heavy atom. The van der Waals surface area contributed by atoms with Gasteiger partial charge in [-0.15, -0.1) is 0 Å². The van der Waals surface area contributed by atoms with Gasteiger partial charge in [0.1, 0.15) is 5.92 Å². The molecule has 0 bridgehead atoms. The first kappa shape index (κ1) is 16.5. The highest BCUT2D eigenvalue weighted by atomic mass is 16.4. The second-order valence-corrected chi connectivity index (χ2v) is 6.37. The van der Waals surface area contributed by atoms with Crippen molar-refractivity contribution < 1.29 is 19.5 Å². The number of carbonyl (C=O) groups is 3. The maximum atomic E-state index is 12.5. The largest absolute Gasteiger partial charge is 0.481 e. The molecule has 0 spiro atoms. The van der Waals surface area contributed by atoms with Crippen LogP contribution in [0.3, 0.4) is 0 Å². The van der Waals surface area contributed by atoms with Crippen LogP contribution in [0, 0.1) is 17.3 Å². The van der Waals surface area contributed by atoms with E-state index in [-0.39, 0.29) is 11.8 Å². The molecule has 0 aromatic heterocycles. The van der Waals surface area contributed by atoms with Crippen molar-refractivity contribution >= 4 is 17.8 Å². The Kier molecular flexibility index (Phi) is 5.14. The molecular formula is C14H24N2O4. The van der Waals surface area contributed by atoms with E-state index < -0.39 is 23.2 Å². The molecule has 1 fully saturated rings. The van der Waals surface area contributed by atoms with Crippen molar-refractivity contribution in [1.82, 2.24) is 10.2 Å². The number of piperidine rings is 1. The molecule has 20 heavy (non-hydrogen) atoms. The number of nitrogens with one attached hydrogen (secondary N) is 1. The molecule has 0 radical (unpaired) electrons. The minimum atomic E-state index is -1.11. The summed E-state index contributed by atoms with van der Waals surface area (Å²) in [5, 5.41) is 11.9. The average molecular weight is 284 g/mol. The number of carbonyl (C=O) groups excluding carboxylic acids is 2. The molecule has 0 saturated carbocycles. The van der Waals surface area contributed by atoms with Crippen LogP contribution in [0.1, 0.15) is 33.6 Å². The fourth-order valence-electron chi connectivity index (χ4n) is 2.62. The number of rotatable bonds is 3. The van der Waals surface area contributed by atoms with Crippen LogP contribution in [-0.2, 0) is 14.4 Å². The van der Waals surface area contributed by atoms with E-state index in [0.717, 1.165) is 12.8 Å². The lowest BCUT2D eigenvalue weighted by atomic mass is 9.79. The molecule has 6 heteroatoms. The van der Waals surface area contributed by atoms with Gasteiger partial charge in [-0.1, -0.05) is 20.8 Å². The van der Waals surface area contributed by atoms with Crippen LogP contribution >= 0.6 is 0 Å². The van der Waals surface area contributed by atoms with Crippen LogP contribution in [0.2, 0.25) is 0 Å². The van der Waals surface area contributed by atoms with Crippen LogP contribution < -0.4 is 5.32 Å². The highest BCUT2D eigenvalue weighted by Crippen LogP contribution is 2.29. The van der Waals surface area contributed by atoms with Crippen molar-refractivity contribution in [3.05, 3.63) is 0 Å². The Morgan fingerprint density at radius 2 is 1.90 bits per heavy atom. The van der Waals surface area contributed by atoms with Crippen LogP contribution in [0.25, 0.3) is 0 Å². The zero-order chi connectivity index (χ0) is 15.5. The summed E-state index contributed by atoms with van der Waals surface area (Å²) in [6.45, 7) is 6.04. The quantitative estimate of drug-likeness (QED) is 0.748. The number of hydrogen-bond donors (Lipinski definition) is 2. The fraction of sp³-hybridized carbons (Fsp3) is 0.786. The number of hydrogen-bond acceptors (Lipinski definition) is 3. The molecular weight excluding hydrogens is 260 g/mol. The van der Waals surface area contributed by atoms with Gasteiger partial charge in [0.2, 0.25) is 11.8 Å². The van der Waals surface area contributed by atoms with Gasteiger partial charge in [0, 0.05) is 20.1 Å². The zero-order valence-electron chi connectivity index (χ0n) is 12.6. The Bertz CT molecular complexity index is 400. The molecule has 2 atom stereocenters. The SMILES string of the molecule is CNC(=O)C1CCCN(C(=O)C(C(=O)O)C(C)(C)C)C1. The highest BCUT2D eigenvalue weighted by molar-refractivity contribution is 5.98. The van der Waals surface area contributed by atoms with Gasteiger partial charge in [-0.25, -0.2) is 0 Å². The fourth-order valence-corrected chi connectivity index (χ4v) is 2.62. The summed E-state index contributed by atoms with van der Waals surface area (Å²) in [7, 11) is 1.57. The standard InChI is InChI=1S/C14H24N2O4/c1-14(2,3)10(13(19)20)12(18)16-7-5-6-9(8-16)11(17)15-4/h9-10H,5-8H2,1-4H3,(H,15,17)(H,19,20). The third-order valence-corrected chi connectivity index (χ3v) is 3.71. The van der Waals surface area contributed by atoms with Crippen molar-refractivity contribution in [2.75, 3.05) is 20.1 Å². The van der Waals surface area contributed by atoms with Gasteiger partial charge in [-0.2, -0.15) is 0 Å². The summed E-state index contributed by atoms with van der Waals surface area (Å²) in [6, 6.07) is 0. The van der Waals surface area contributed by atoms with Crippen molar-refractivity contribution in [1.29, 1.82) is 0 Å². The van der Waals surface area contributed by atoms with Crippen LogP contribution in [0.4, 0.5) is 0 Å². The van der Waals surface area contributed by atoms with E-state index >= 15 is 0 Å². The first-order chi connectivity index (χ1) is 9.18. The zero-order valence-corrected chi connectivity index (χ0v) is 12.6. The monoisotopic (exact) mass is 284 g/mol. The van der Waals surface area contributed by atoms with Gasteiger partial charge in [0.05, 0.1) is 5.92 Å². The Balaban J connectivity index is 2.85. The smallest absolute Gasteiger partial charge is 0.316 e. The van der Waals surface area contributed by atoms with E-state index in [1.807, 2.05) is 0 Å². The molecule has 2 unspecified atom stereocenters. The molecule has 2 amide bonds. The van der Waals surface area contributed by atoms with Gasteiger partial charge in [0.15, 0.2) is 0 Å². The number of amides is 2. The number of nitrogens with zero attached hydrogens (tertiary/aromatic N) is 1. The van der Waals surface area contributed by atoms with Gasteiger partial charge in [-0.05, 0) is 18.3 Å². The molecule has 1 aliphatic heterocycles. The molecule has 2 N–H and O–H groups in total. The van der Waals surface area contributed by atoms with Gasteiger partial charge in [0.25, 0.3) is 0 Å². The number of aliphatic carboxylic acids is 1. The highest BCUT2D eigenvalue weighted by Gasteiger charge is 2.41. The molecule has 0 aromatic carbocycles. The molecule has 0 aromatic rings. The van der Waals surface area contributed by atoms with E-state index in [0.29, 0.717) is 13.1 Å². The number of carboxylic acid groups (broad SMARTS) is 1. The number of carboxylic acids is 1. The lowest BCUT2D eigenvalue weighted by Gasteiger charge is -2.36. The Labute approximate surface area is 119 Å². The van der Waals surface area contributed by atoms with Gasteiger partial charge in [-0.3, -0.25) is 14.4 Å². The van der Waals surface area contributed by atoms with E-state index in [1.54, 1.807) is 27.8 Å². The minimum absolute atomic E-state index is 0.0925. The summed E-state index contributed by atoms with van der Waals surface area (Å²) in [4.78, 5) is 37.0. The molecule has 1 saturated heterocycles. The number of likely N-dealkylation sites (tertiary alicyclic amines) is 1. The lowest BCUT2D eigenvalue weighted by Crippen LogP contribution is -2.50. The molecule has 1 heterocycles. The topological polar surface area (TPSA) is 86.7 Å². The molecule has 1 rings (SSSR count). The maximum absolute atomic E-state index is 12.5.